The Morgan fingerprint density at radius 2 is 1.76 bits per heavy atom. The first-order valence-corrected chi connectivity index (χ1v) is 9.66. The number of amides is 1. The van der Waals surface area contributed by atoms with Crippen LogP contribution >= 0.6 is 0 Å². The minimum Gasteiger partial charge on any atom is -0.495 e. The van der Waals surface area contributed by atoms with Crippen LogP contribution < -0.4 is 15.0 Å². The van der Waals surface area contributed by atoms with E-state index in [-0.39, 0.29) is 5.91 Å². The quantitative estimate of drug-likeness (QED) is 0.834. The average Bonchev–Trinajstić information content (AvgIpc) is 2.91. The summed E-state index contributed by atoms with van der Waals surface area (Å²) in [6.07, 6.45) is 7.43. The van der Waals surface area contributed by atoms with Crippen LogP contribution in [-0.2, 0) is 4.79 Å². The molecule has 0 spiro atoms. The first-order valence-electron chi connectivity index (χ1n) is 9.66. The van der Waals surface area contributed by atoms with E-state index in [0.717, 1.165) is 50.5 Å². The zero-order valence-electron chi connectivity index (χ0n) is 15.4. The molecule has 1 saturated heterocycles. The van der Waals surface area contributed by atoms with E-state index in [1.54, 1.807) is 7.11 Å². The van der Waals surface area contributed by atoms with Gasteiger partial charge < -0.3 is 15.0 Å². The van der Waals surface area contributed by atoms with Crippen molar-refractivity contribution in [1.82, 2.24) is 10.2 Å². The highest BCUT2D eigenvalue weighted by molar-refractivity contribution is 5.78. The van der Waals surface area contributed by atoms with Gasteiger partial charge in [-0.2, -0.15) is 0 Å². The average molecular weight is 345 g/mol. The smallest absolute Gasteiger partial charge is 0.234 e. The molecule has 1 saturated carbocycles. The van der Waals surface area contributed by atoms with Gasteiger partial charge in [-0.1, -0.05) is 37.8 Å². The molecule has 1 aliphatic heterocycles. The molecule has 5 heteroatoms. The van der Waals surface area contributed by atoms with Gasteiger partial charge in [-0.15, -0.1) is 0 Å². The maximum atomic E-state index is 12.4. The predicted octanol–water partition coefficient (Wildman–Crippen LogP) is 2.66. The van der Waals surface area contributed by atoms with Crippen molar-refractivity contribution < 1.29 is 9.53 Å². The number of hydrogen-bond donors (Lipinski definition) is 1. The number of methoxy groups -OCH3 is 1. The van der Waals surface area contributed by atoms with E-state index in [9.17, 15) is 4.79 Å². The molecule has 0 bridgehead atoms. The monoisotopic (exact) mass is 345 g/mol. The van der Waals surface area contributed by atoms with Gasteiger partial charge in [-0.05, 0) is 25.0 Å². The summed E-state index contributed by atoms with van der Waals surface area (Å²) in [7, 11) is 1.72. The number of rotatable bonds is 5. The van der Waals surface area contributed by atoms with Crippen LogP contribution in [0.1, 0.15) is 38.5 Å². The van der Waals surface area contributed by atoms with Crippen LogP contribution in [0.5, 0.6) is 5.75 Å². The van der Waals surface area contributed by atoms with Crippen molar-refractivity contribution in [2.24, 2.45) is 0 Å². The zero-order chi connectivity index (χ0) is 17.5. The number of hydrogen-bond acceptors (Lipinski definition) is 4. The molecule has 1 N–H and O–H groups in total. The van der Waals surface area contributed by atoms with Crippen LogP contribution in [0.3, 0.4) is 0 Å². The lowest BCUT2D eigenvalue weighted by Crippen LogP contribution is -2.50. The van der Waals surface area contributed by atoms with Crippen LogP contribution in [0.2, 0.25) is 0 Å². The second-order valence-electron chi connectivity index (χ2n) is 7.19. The lowest BCUT2D eigenvalue weighted by molar-refractivity contribution is -0.123. The first kappa shape index (κ1) is 18.1. The molecule has 2 fully saturated rings. The Kier molecular flexibility index (Phi) is 6.56. The second kappa shape index (κ2) is 9.09. The third-order valence-corrected chi connectivity index (χ3v) is 5.39. The van der Waals surface area contributed by atoms with Crippen molar-refractivity contribution in [1.29, 1.82) is 0 Å². The minimum atomic E-state index is 0.192. The highest BCUT2D eigenvalue weighted by Crippen LogP contribution is 2.28. The Morgan fingerprint density at radius 1 is 1.08 bits per heavy atom. The number of carbonyl (C=O) groups is 1. The standard InChI is InChI=1S/C20H31N3O2/c1-25-19-11-7-6-10-18(19)23-14-12-22(13-15-23)16-20(24)21-17-8-4-2-3-5-9-17/h6-7,10-11,17H,2-5,8-9,12-16H2,1H3,(H,21,24). The molecule has 0 radical (unpaired) electrons. The normalized spacial score (nSPS) is 20.1. The van der Waals surface area contributed by atoms with Crippen molar-refractivity contribution in [3.63, 3.8) is 0 Å². The number of nitrogens with zero attached hydrogens (tertiary/aromatic N) is 2. The van der Waals surface area contributed by atoms with Gasteiger partial charge in [-0.3, -0.25) is 9.69 Å². The number of carbonyl (C=O) groups excluding carboxylic acids is 1. The third kappa shape index (κ3) is 5.11. The van der Waals surface area contributed by atoms with E-state index < -0.39 is 0 Å². The largest absolute Gasteiger partial charge is 0.495 e. The molecule has 1 amide bonds. The predicted molar refractivity (Wildman–Crippen MR) is 101 cm³/mol. The molecular formula is C20H31N3O2. The molecule has 1 heterocycles. The topological polar surface area (TPSA) is 44.8 Å². The van der Waals surface area contributed by atoms with E-state index in [1.165, 1.54) is 25.7 Å². The Morgan fingerprint density at radius 3 is 2.44 bits per heavy atom. The number of para-hydroxylation sites is 2. The lowest BCUT2D eigenvalue weighted by Gasteiger charge is -2.36. The summed E-state index contributed by atoms with van der Waals surface area (Å²) < 4.78 is 5.47. The Hall–Kier alpha value is -1.75. The van der Waals surface area contributed by atoms with Crippen molar-refractivity contribution in [3.8, 4) is 5.75 Å². The van der Waals surface area contributed by atoms with E-state index in [0.29, 0.717) is 12.6 Å². The highest BCUT2D eigenvalue weighted by Gasteiger charge is 2.22. The van der Waals surface area contributed by atoms with E-state index in [2.05, 4.69) is 21.2 Å². The third-order valence-electron chi connectivity index (χ3n) is 5.39. The number of nitrogens with one attached hydrogen (secondary N) is 1. The fourth-order valence-corrected chi connectivity index (χ4v) is 3.94. The van der Waals surface area contributed by atoms with E-state index >= 15 is 0 Å². The van der Waals surface area contributed by atoms with Crippen molar-refractivity contribution >= 4 is 11.6 Å². The Balaban J connectivity index is 1.45. The van der Waals surface area contributed by atoms with Crippen LogP contribution in [0.25, 0.3) is 0 Å². The highest BCUT2D eigenvalue weighted by atomic mass is 16.5. The van der Waals surface area contributed by atoms with Gasteiger partial charge in [0, 0.05) is 32.2 Å². The summed E-state index contributed by atoms with van der Waals surface area (Å²) in [5.41, 5.74) is 1.15. The SMILES string of the molecule is COc1ccccc1N1CCN(CC(=O)NC2CCCCCC2)CC1. The minimum absolute atomic E-state index is 0.192. The molecule has 0 aromatic heterocycles. The fraction of sp³-hybridized carbons (Fsp3) is 0.650. The van der Waals surface area contributed by atoms with Crippen molar-refractivity contribution in [3.05, 3.63) is 24.3 Å². The molecular weight excluding hydrogens is 314 g/mol. The maximum absolute atomic E-state index is 12.4. The summed E-state index contributed by atoms with van der Waals surface area (Å²) in [6.45, 7) is 4.21. The lowest BCUT2D eigenvalue weighted by atomic mass is 10.1. The molecule has 5 nitrogen and oxygen atoms in total. The molecule has 0 atom stereocenters. The number of ether oxygens (including phenoxy) is 1. The van der Waals surface area contributed by atoms with Gasteiger partial charge in [0.15, 0.2) is 0 Å². The van der Waals surface area contributed by atoms with E-state index in [4.69, 9.17) is 4.74 Å². The number of anilines is 1. The maximum Gasteiger partial charge on any atom is 0.234 e. The van der Waals surface area contributed by atoms with Gasteiger partial charge >= 0.3 is 0 Å². The zero-order valence-corrected chi connectivity index (χ0v) is 15.4. The summed E-state index contributed by atoms with van der Waals surface area (Å²) in [5.74, 6) is 1.11. The van der Waals surface area contributed by atoms with Crippen LogP contribution in [0.4, 0.5) is 5.69 Å². The van der Waals surface area contributed by atoms with Crippen molar-refractivity contribution in [2.45, 2.75) is 44.6 Å². The Bertz CT molecular complexity index is 548. The van der Waals surface area contributed by atoms with Crippen LogP contribution in [0, 0.1) is 0 Å². The molecule has 25 heavy (non-hydrogen) atoms. The van der Waals surface area contributed by atoms with Crippen LogP contribution in [-0.4, -0.2) is 56.7 Å². The second-order valence-corrected chi connectivity index (χ2v) is 7.19. The molecule has 0 unspecified atom stereocenters. The summed E-state index contributed by atoms with van der Waals surface area (Å²) in [5, 5.41) is 3.25. The summed E-state index contributed by atoms with van der Waals surface area (Å²) >= 11 is 0. The van der Waals surface area contributed by atoms with Crippen LogP contribution in [0.15, 0.2) is 24.3 Å². The molecule has 1 aromatic carbocycles. The summed E-state index contributed by atoms with van der Waals surface area (Å²) in [6, 6.07) is 8.54. The fourth-order valence-electron chi connectivity index (χ4n) is 3.94. The molecule has 2 aliphatic rings. The summed E-state index contributed by atoms with van der Waals surface area (Å²) in [4.78, 5) is 17.0. The van der Waals surface area contributed by atoms with Gasteiger partial charge in [0.2, 0.25) is 5.91 Å². The molecule has 1 aliphatic carbocycles. The van der Waals surface area contributed by atoms with Gasteiger partial charge in [0.1, 0.15) is 5.75 Å². The molecule has 138 valence electrons. The number of piperazine rings is 1. The van der Waals surface area contributed by atoms with E-state index in [1.807, 2.05) is 18.2 Å². The van der Waals surface area contributed by atoms with Gasteiger partial charge in [0.25, 0.3) is 0 Å². The van der Waals surface area contributed by atoms with Crippen molar-refractivity contribution in [2.75, 3.05) is 44.7 Å². The molecule has 1 aromatic rings. The van der Waals surface area contributed by atoms with Gasteiger partial charge in [0.05, 0.1) is 19.3 Å². The first-order chi connectivity index (χ1) is 12.3. The molecule has 3 rings (SSSR count). The van der Waals surface area contributed by atoms with Gasteiger partial charge in [-0.25, -0.2) is 0 Å². The Labute approximate surface area is 151 Å². The number of benzene rings is 1.